The maximum Gasteiger partial charge on any atom is 0.319 e. The van der Waals surface area contributed by atoms with Crippen LogP contribution in [0.4, 0.5) is 10.5 Å². The Morgan fingerprint density at radius 2 is 1.59 bits per heavy atom. The number of likely N-dealkylation sites (N-methyl/N-ethyl adjacent to an activating group) is 1. The Morgan fingerprint density at radius 1 is 0.949 bits per heavy atom. The molecule has 2 aromatic rings. The minimum atomic E-state index is -0.815. The van der Waals surface area contributed by atoms with Gasteiger partial charge in [0.1, 0.15) is 12.1 Å². The predicted octanol–water partition coefficient (Wildman–Crippen LogP) is 1.89. The van der Waals surface area contributed by atoms with Crippen LogP contribution >= 0.6 is 0 Å². The van der Waals surface area contributed by atoms with Crippen LogP contribution in [0.25, 0.3) is 0 Å². The third-order valence-electron chi connectivity index (χ3n) is 6.87. The fraction of sp³-hybridized carbons (Fsp3) is 0.448. The van der Waals surface area contributed by atoms with Crippen molar-refractivity contribution in [3.05, 3.63) is 66.2 Å². The number of hydrogen-bond donors (Lipinski definition) is 5. The van der Waals surface area contributed by atoms with Gasteiger partial charge >= 0.3 is 6.03 Å². The van der Waals surface area contributed by atoms with Crippen molar-refractivity contribution >= 4 is 29.4 Å². The van der Waals surface area contributed by atoms with E-state index in [0.717, 1.165) is 5.56 Å². The molecule has 3 rings (SSSR count). The van der Waals surface area contributed by atoms with Crippen molar-refractivity contribution in [2.45, 2.75) is 57.8 Å². The van der Waals surface area contributed by atoms with Crippen LogP contribution in [0.5, 0.6) is 0 Å². The van der Waals surface area contributed by atoms with Crippen LogP contribution in [-0.2, 0) is 20.8 Å². The van der Waals surface area contributed by atoms with Gasteiger partial charge in [-0.05, 0) is 50.4 Å². The normalized spacial score (nSPS) is 18.2. The number of anilines is 1. The van der Waals surface area contributed by atoms with E-state index >= 15 is 0 Å². The highest BCUT2D eigenvalue weighted by molar-refractivity contribution is 5.94. The molecule has 1 saturated heterocycles. The number of rotatable bonds is 11. The van der Waals surface area contributed by atoms with Gasteiger partial charge in [-0.25, -0.2) is 4.79 Å². The topological polar surface area (TPSA) is 132 Å². The Balaban J connectivity index is 1.72. The van der Waals surface area contributed by atoms with Crippen LogP contribution in [0, 0.1) is 5.92 Å². The van der Waals surface area contributed by atoms with E-state index in [2.05, 4.69) is 26.6 Å². The zero-order valence-electron chi connectivity index (χ0n) is 23.1. The van der Waals surface area contributed by atoms with E-state index < -0.39 is 30.2 Å². The summed E-state index contributed by atoms with van der Waals surface area (Å²) in [6, 6.07) is 15.9. The summed E-state index contributed by atoms with van der Waals surface area (Å²) in [6.45, 7) is 5.97. The zero-order valence-corrected chi connectivity index (χ0v) is 23.1. The minimum absolute atomic E-state index is 0.151. The molecule has 0 saturated carbocycles. The van der Waals surface area contributed by atoms with Gasteiger partial charge in [-0.2, -0.15) is 0 Å². The summed E-state index contributed by atoms with van der Waals surface area (Å²) in [5, 5.41) is 14.3. The minimum Gasteiger partial charge on any atom is -0.354 e. The second kappa shape index (κ2) is 14.3. The molecule has 0 aliphatic carbocycles. The number of likely N-dealkylation sites (tertiary alicyclic amines) is 1. The Morgan fingerprint density at radius 3 is 2.21 bits per heavy atom. The molecule has 0 unspecified atom stereocenters. The number of urea groups is 1. The van der Waals surface area contributed by atoms with Crippen LogP contribution in [0.15, 0.2) is 60.7 Å². The third kappa shape index (κ3) is 8.54. The van der Waals surface area contributed by atoms with Gasteiger partial charge in [-0.1, -0.05) is 62.4 Å². The quantitative estimate of drug-likeness (QED) is 0.299. The smallest absolute Gasteiger partial charge is 0.319 e. The van der Waals surface area contributed by atoms with Gasteiger partial charge in [0.05, 0.1) is 12.1 Å². The van der Waals surface area contributed by atoms with E-state index in [1.54, 1.807) is 26.1 Å². The van der Waals surface area contributed by atoms with Crippen molar-refractivity contribution in [2.75, 3.05) is 25.5 Å². The number of carbonyl (C=O) groups is 4. The molecule has 10 nitrogen and oxygen atoms in total. The van der Waals surface area contributed by atoms with E-state index in [-0.39, 0.29) is 36.6 Å². The van der Waals surface area contributed by atoms with E-state index in [4.69, 9.17) is 0 Å². The molecule has 4 atom stereocenters. The summed E-state index contributed by atoms with van der Waals surface area (Å²) >= 11 is 0. The van der Waals surface area contributed by atoms with Crippen molar-refractivity contribution in [3.63, 3.8) is 0 Å². The summed E-state index contributed by atoms with van der Waals surface area (Å²) in [7, 11) is 1.67. The van der Waals surface area contributed by atoms with Crippen molar-refractivity contribution < 1.29 is 19.2 Å². The molecule has 10 heteroatoms. The second-order valence-electron chi connectivity index (χ2n) is 10.2. The number of hydrogen-bond acceptors (Lipinski definition) is 5. The number of amides is 5. The summed E-state index contributed by atoms with van der Waals surface area (Å²) in [5.74, 6) is -1.15. The van der Waals surface area contributed by atoms with Gasteiger partial charge in [-0.15, -0.1) is 0 Å². The van der Waals surface area contributed by atoms with Crippen LogP contribution in [0.3, 0.4) is 0 Å². The molecule has 210 valence electrons. The molecule has 0 radical (unpaired) electrons. The SMILES string of the molecule is CN[C@@H](C)C(=O)N[C@H](C(=O)N1C[C@@H](NC(=O)Nc2ccccc2)C[C@H]1C(=O)NCCc1ccccc1)C(C)C. The molecule has 1 aliphatic heterocycles. The molecule has 1 aliphatic rings. The summed E-state index contributed by atoms with van der Waals surface area (Å²) in [5.41, 5.74) is 1.73. The first-order chi connectivity index (χ1) is 18.7. The van der Waals surface area contributed by atoms with Crippen LogP contribution in [0.1, 0.15) is 32.8 Å². The summed E-state index contributed by atoms with van der Waals surface area (Å²) in [6.07, 6.45) is 0.914. The Hall–Kier alpha value is -3.92. The number of nitrogens with zero attached hydrogens (tertiary/aromatic N) is 1. The maximum atomic E-state index is 13.7. The van der Waals surface area contributed by atoms with E-state index in [1.807, 2.05) is 62.4 Å². The molecule has 2 aromatic carbocycles. The maximum absolute atomic E-state index is 13.7. The highest BCUT2D eigenvalue weighted by atomic mass is 16.2. The fourth-order valence-corrected chi connectivity index (χ4v) is 4.50. The second-order valence-corrected chi connectivity index (χ2v) is 10.2. The van der Waals surface area contributed by atoms with E-state index in [1.165, 1.54) is 4.90 Å². The van der Waals surface area contributed by atoms with Crippen molar-refractivity contribution in [3.8, 4) is 0 Å². The standard InChI is InChI=1S/C29H40N6O4/c1-19(2)25(34-26(36)20(3)30-4)28(38)35-18-23(33-29(39)32-22-13-9-6-10-14-22)17-24(35)27(37)31-16-15-21-11-7-5-8-12-21/h5-14,19-20,23-25,30H,15-18H2,1-4H3,(H,31,37)(H,34,36)(H2,32,33,39)/t20-,23-,24-,25-/m0/s1. The third-order valence-corrected chi connectivity index (χ3v) is 6.87. The monoisotopic (exact) mass is 536 g/mol. The Bertz CT molecular complexity index is 1110. The average Bonchev–Trinajstić information content (AvgIpc) is 3.35. The van der Waals surface area contributed by atoms with Crippen molar-refractivity contribution in [2.24, 2.45) is 5.92 Å². The molecule has 0 aromatic heterocycles. The highest BCUT2D eigenvalue weighted by Gasteiger charge is 2.43. The average molecular weight is 537 g/mol. The summed E-state index contributed by atoms with van der Waals surface area (Å²) in [4.78, 5) is 53.8. The molecule has 0 bridgehead atoms. The predicted molar refractivity (Wildman–Crippen MR) is 151 cm³/mol. The number of carbonyl (C=O) groups excluding carboxylic acids is 4. The van der Waals surface area contributed by atoms with Gasteiger partial charge in [0.15, 0.2) is 0 Å². The molecular weight excluding hydrogens is 496 g/mol. The Kier molecular flexibility index (Phi) is 10.9. The largest absolute Gasteiger partial charge is 0.354 e. The van der Waals surface area contributed by atoms with E-state index in [9.17, 15) is 19.2 Å². The zero-order chi connectivity index (χ0) is 28.4. The molecule has 0 spiro atoms. The van der Waals surface area contributed by atoms with Gasteiger partial charge in [-0.3, -0.25) is 14.4 Å². The highest BCUT2D eigenvalue weighted by Crippen LogP contribution is 2.22. The summed E-state index contributed by atoms with van der Waals surface area (Å²) < 4.78 is 0. The van der Waals surface area contributed by atoms with Gasteiger partial charge < -0.3 is 31.5 Å². The lowest BCUT2D eigenvalue weighted by atomic mass is 10.0. The van der Waals surface area contributed by atoms with Crippen LogP contribution < -0.4 is 26.6 Å². The van der Waals surface area contributed by atoms with Crippen molar-refractivity contribution in [1.82, 2.24) is 26.2 Å². The van der Waals surface area contributed by atoms with Crippen molar-refractivity contribution in [1.29, 1.82) is 0 Å². The van der Waals surface area contributed by atoms with Gasteiger partial charge in [0.2, 0.25) is 17.7 Å². The molecule has 1 heterocycles. The van der Waals surface area contributed by atoms with Crippen LogP contribution in [-0.4, -0.2) is 73.0 Å². The molecule has 1 fully saturated rings. The first-order valence-corrected chi connectivity index (χ1v) is 13.4. The van der Waals surface area contributed by atoms with E-state index in [0.29, 0.717) is 18.7 Å². The number of benzene rings is 2. The molecule has 5 amide bonds. The van der Waals surface area contributed by atoms with Crippen LogP contribution in [0.2, 0.25) is 0 Å². The first kappa shape index (κ1) is 29.6. The van der Waals surface area contributed by atoms with Gasteiger partial charge in [0, 0.05) is 18.8 Å². The Labute approximate surface area is 230 Å². The lowest BCUT2D eigenvalue weighted by Gasteiger charge is -2.31. The first-order valence-electron chi connectivity index (χ1n) is 13.4. The van der Waals surface area contributed by atoms with Gasteiger partial charge in [0.25, 0.3) is 0 Å². The lowest BCUT2D eigenvalue weighted by molar-refractivity contribution is -0.142. The number of para-hydroxylation sites is 1. The molecule has 39 heavy (non-hydrogen) atoms. The fourth-order valence-electron chi connectivity index (χ4n) is 4.50. The lowest BCUT2D eigenvalue weighted by Crippen LogP contribution is -2.57. The molecule has 5 N–H and O–H groups in total. The molecular formula is C29H40N6O4. The number of nitrogens with one attached hydrogen (secondary N) is 5.